The van der Waals surface area contributed by atoms with Gasteiger partial charge in [-0.15, -0.1) is 0 Å². The van der Waals surface area contributed by atoms with Crippen molar-refractivity contribution in [2.45, 2.75) is 13.5 Å². The SMILES string of the molecule is COc1ccccc1CNC(=O)c1cc(OC)c(C)c(OC)c1. The number of benzene rings is 2. The Morgan fingerprint density at radius 3 is 2.09 bits per heavy atom. The molecule has 0 aliphatic heterocycles. The van der Waals surface area contributed by atoms with Crippen LogP contribution in [0, 0.1) is 6.92 Å². The van der Waals surface area contributed by atoms with Crippen LogP contribution in [0.3, 0.4) is 0 Å². The zero-order chi connectivity index (χ0) is 16.8. The molecule has 0 aliphatic rings. The van der Waals surface area contributed by atoms with E-state index in [1.54, 1.807) is 33.5 Å². The molecular weight excluding hydrogens is 294 g/mol. The minimum atomic E-state index is -0.201. The number of amides is 1. The van der Waals surface area contributed by atoms with E-state index in [-0.39, 0.29) is 5.91 Å². The first-order chi connectivity index (χ1) is 11.1. The summed E-state index contributed by atoms with van der Waals surface area (Å²) in [5.74, 6) is 1.78. The number of nitrogens with one attached hydrogen (secondary N) is 1. The molecule has 5 heteroatoms. The first-order valence-corrected chi connectivity index (χ1v) is 7.23. The highest BCUT2D eigenvalue weighted by atomic mass is 16.5. The van der Waals surface area contributed by atoms with Crippen molar-refractivity contribution < 1.29 is 19.0 Å². The van der Waals surface area contributed by atoms with E-state index in [2.05, 4.69) is 5.32 Å². The molecule has 122 valence electrons. The molecule has 0 unspecified atom stereocenters. The average Bonchev–Trinajstić information content (AvgIpc) is 2.60. The second kappa shape index (κ2) is 7.54. The minimum Gasteiger partial charge on any atom is -0.496 e. The van der Waals surface area contributed by atoms with Crippen LogP contribution in [0.5, 0.6) is 17.2 Å². The lowest BCUT2D eigenvalue weighted by molar-refractivity contribution is 0.0950. The van der Waals surface area contributed by atoms with E-state index in [1.807, 2.05) is 31.2 Å². The van der Waals surface area contributed by atoms with Crippen molar-refractivity contribution in [1.29, 1.82) is 0 Å². The van der Waals surface area contributed by atoms with Crippen molar-refractivity contribution in [1.82, 2.24) is 5.32 Å². The molecule has 2 aromatic rings. The largest absolute Gasteiger partial charge is 0.496 e. The number of hydrogen-bond donors (Lipinski definition) is 1. The molecule has 0 saturated carbocycles. The van der Waals surface area contributed by atoms with Crippen molar-refractivity contribution in [3.63, 3.8) is 0 Å². The van der Waals surface area contributed by atoms with Crippen molar-refractivity contribution in [2.24, 2.45) is 0 Å². The first kappa shape index (κ1) is 16.7. The third kappa shape index (κ3) is 3.74. The second-order valence-corrected chi connectivity index (χ2v) is 5.00. The topological polar surface area (TPSA) is 56.8 Å². The van der Waals surface area contributed by atoms with E-state index < -0.39 is 0 Å². The van der Waals surface area contributed by atoms with Crippen molar-refractivity contribution in [3.05, 3.63) is 53.1 Å². The second-order valence-electron chi connectivity index (χ2n) is 5.00. The highest BCUT2D eigenvalue weighted by Gasteiger charge is 2.14. The molecule has 2 rings (SSSR count). The summed E-state index contributed by atoms with van der Waals surface area (Å²) in [7, 11) is 4.74. The van der Waals surface area contributed by atoms with Crippen LogP contribution in [0.15, 0.2) is 36.4 Å². The van der Waals surface area contributed by atoms with Crippen LogP contribution in [-0.2, 0) is 6.54 Å². The van der Waals surface area contributed by atoms with Gasteiger partial charge in [0.05, 0.1) is 21.3 Å². The standard InChI is InChI=1S/C18H21NO4/c1-12-16(22-3)9-14(10-17(12)23-4)18(20)19-11-13-7-5-6-8-15(13)21-2/h5-10H,11H2,1-4H3,(H,19,20). The molecule has 0 atom stereocenters. The predicted molar refractivity (Wildman–Crippen MR) is 88.4 cm³/mol. The van der Waals surface area contributed by atoms with Crippen LogP contribution in [-0.4, -0.2) is 27.2 Å². The zero-order valence-electron chi connectivity index (χ0n) is 13.8. The third-order valence-corrected chi connectivity index (χ3v) is 3.65. The summed E-state index contributed by atoms with van der Waals surface area (Å²) < 4.78 is 15.9. The molecule has 2 aromatic carbocycles. The normalized spacial score (nSPS) is 10.1. The Morgan fingerprint density at radius 2 is 1.52 bits per heavy atom. The van der Waals surface area contributed by atoms with E-state index >= 15 is 0 Å². The van der Waals surface area contributed by atoms with E-state index in [9.17, 15) is 4.79 Å². The maximum absolute atomic E-state index is 12.4. The average molecular weight is 315 g/mol. The molecule has 0 spiro atoms. The van der Waals surface area contributed by atoms with Gasteiger partial charge in [0.2, 0.25) is 0 Å². The Bertz CT molecular complexity index is 672. The zero-order valence-corrected chi connectivity index (χ0v) is 13.8. The first-order valence-electron chi connectivity index (χ1n) is 7.23. The quantitative estimate of drug-likeness (QED) is 0.890. The van der Waals surface area contributed by atoms with Crippen LogP contribution in [0.1, 0.15) is 21.5 Å². The van der Waals surface area contributed by atoms with Gasteiger partial charge in [-0.25, -0.2) is 0 Å². The minimum absolute atomic E-state index is 0.201. The number of methoxy groups -OCH3 is 3. The molecule has 0 aromatic heterocycles. The highest BCUT2D eigenvalue weighted by molar-refractivity contribution is 5.95. The molecular formula is C18H21NO4. The van der Waals surface area contributed by atoms with Crippen LogP contribution in [0.4, 0.5) is 0 Å². The number of rotatable bonds is 6. The van der Waals surface area contributed by atoms with Gasteiger partial charge in [-0.1, -0.05) is 18.2 Å². The fourth-order valence-electron chi connectivity index (χ4n) is 2.34. The molecule has 0 fully saturated rings. The van der Waals surface area contributed by atoms with Crippen LogP contribution in [0.25, 0.3) is 0 Å². The smallest absolute Gasteiger partial charge is 0.251 e. The van der Waals surface area contributed by atoms with Gasteiger partial charge in [-0.05, 0) is 25.1 Å². The van der Waals surface area contributed by atoms with Gasteiger partial charge < -0.3 is 19.5 Å². The molecule has 5 nitrogen and oxygen atoms in total. The molecule has 0 bridgehead atoms. The van der Waals surface area contributed by atoms with Crippen molar-refractivity contribution >= 4 is 5.91 Å². The molecule has 0 saturated heterocycles. The van der Waals surface area contributed by atoms with Gasteiger partial charge in [0, 0.05) is 23.2 Å². The number of carbonyl (C=O) groups is 1. The number of para-hydroxylation sites is 1. The monoisotopic (exact) mass is 315 g/mol. The summed E-state index contributed by atoms with van der Waals surface area (Å²) in [5.41, 5.74) is 2.25. The van der Waals surface area contributed by atoms with Crippen molar-refractivity contribution in [3.8, 4) is 17.2 Å². The molecule has 0 radical (unpaired) electrons. The van der Waals surface area contributed by atoms with Gasteiger partial charge in [0.15, 0.2) is 0 Å². The summed E-state index contributed by atoms with van der Waals surface area (Å²) >= 11 is 0. The van der Waals surface area contributed by atoms with Gasteiger partial charge in [0.25, 0.3) is 5.91 Å². The Morgan fingerprint density at radius 1 is 0.957 bits per heavy atom. The van der Waals surface area contributed by atoms with E-state index in [0.29, 0.717) is 23.6 Å². The maximum atomic E-state index is 12.4. The van der Waals surface area contributed by atoms with Crippen LogP contribution in [0.2, 0.25) is 0 Å². The summed E-state index contributed by atoms with van der Waals surface area (Å²) in [6.45, 7) is 2.26. The molecule has 1 amide bonds. The Kier molecular flexibility index (Phi) is 5.46. The molecule has 1 N–H and O–H groups in total. The lowest BCUT2D eigenvalue weighted by Gasteiger charge is -2.13. The summed E-state index contributed by atoms with van der Waals surface area (Å²) in [6, 6.07) is 11.0. The van der Waals surface area contributed by atoms with Crippen molar-refractivity contribution in [2.75, 3.05) is 21.3 Å². The third-order valence-electron chi connectivity index (χ3n) is 3.65. The summed E-state index contributed by atoms with van der Waals surface area (Å²) in [5, 5.41) is 2.88. The molecule has 0 heterocycles. The van der Waals surface area contributed by atoms with Gasteiger partial charge >= 0.3 is 0 Å². The van der Waals surface area contributed by atoms with Crippen LogP contribution >= 0.6 is 0 Å². The predicted octanol–water partition coefficient (Wildman–Crippen LogP) is 2.95. The lowest BCUT2D eigenvalue weighted by atomic mass is 10.1. The fourth-order valence-corrected chi connectivity index (χ4v) is 2.34. The molecule has 23 heavy (non-hydrogen) atoms. The Labute approximate surface area is 136 Å². The highest BCUT2D eigenvalue weighted by Crippen LogP contribution is 2.29. The van der Waals surface area contributed by atoms with Crippen LogP contribution < -0.4 is 19.5 Å². The lowest BCUT2D eigenvalue weighted by Crippen LogP contribution is -2.23. The number of hydrogen-bond acceptors (Lipinski definition) is 4. The van der Waals surface area contributed by atoms with E-state index in [1.165, 1.54) is 0 Å². The fraction of sp³-hybridized carbons (Fsp3) is 0.278. The van der Waals surface area contributed by atoms with Gasteiger partial charge in [-0.3, -0.25) is 4.79 Å². The Hall–Kier alpha value is -2.69. The summed E-state index contributed by atoms with van der Waals surface area (Å²) in [6.07, 6.45) is 0. The number of carbonyl (C=O) groups excluding carboxylic acids is 1. The van der Waals surface area contributed by atoms with Gasteiger partial charge in [0.1, 0.15) is 17.2 Å². The van der Waals surface area contributed by atoms with Gasteiger partial charge in [-0.2, -0.15) is 0 Å². The number of ether oxygens (including phenoxy) is 3. The Balaban J connectivity index is 2.18. The maximum Gasteiger partial charge on any atom is 0.251 e. The summed E-state index contributed by atoms with van der Waals surface area (Å²) in [4.78, 5) is 12.4. The molecule has 0 aliphatic carbocycles. The van der Waals surface area contributed by atoms with E-state index in [4.69, 9.17) is 14.2 Å². The van der Waals surface area contributed by atoms with E-state index in [0.717, 1.165) is 16.9 Å².